The monoisotopic (exact) mass is 391 g/mol. The minimum atomic E-state index is -3.94. The second kappa shape index (κ2) is 6.90. The molecule has 4 rings (SSSR count). The van der Waals surface area contributed by atoms with Crippen molar-refractivity contribution >= 4 is 32.4 Å². The summed E-state index contributed by atoms with van der Waals surface area (Å²) >= 11 is 0. The van der Waals surface area contributed by atoms with Crippen molar-refractivity contribution in [1.82, 2.24) is 15.0 Å². The topological polar surface area (TPSA) is 111 Å². The van der Waals surface area contributed by atoms with Gasteiger partial charge in [0.25, 0.3) is 10.0 Å². The second-order valence-corrected chi connectivity index (χ2v) is 7.89. The highest BCUT2D eigenvalue weighted by Gasteiger charge is 2.20. The number of benzene rings is 1. The summed E-state index contributed by atoms with van der Waals surface area (Å²) in [7, 11) is -3.94. The molecule has 0 saturated heterocycles. The molecule has 0 atom stereocenters. The number of fused-ring (bicyclic) bond motifs is 1. The molecule has 0 amide bonds. The van der Waals surface area contributed by atoms with Crippen molar-refractivity contribution in [2.24, 2.45) is 0 Å². The van der Waals surface area contributed by atoms with Gasteiger partial charge < -0.3 is 5.73 Å². The van der Waals surface area contributed by atoms with E-state index in [0.717, 1.165) is 10.9 Å². The zero-order valence-corrected chi connectivity index (χ0v) is 15.8. The normalized spacial score (nSPS) is 11.5. The summed E-state index contributed by atoms with van der Waals surface area (Å²) in [4.78, 5) is 13.2. The summed E-state index contributed by atoms with van der Waals surface area (Å²) in [5.41, 5.74) is 8.60. The molecule has 4 aromatic rings. The van der Waals surface area contributed by atoms with Crippen LogP contribution in [-0.4, -0.2) is 23.4 Å². The predicted molar refractivity (Wildman–Crippen MR) is 109 cm³/mol. The highest BCUT2D eigenvalue weighted by Crippen LogP contribution is 2.29. The van der Waals surface area contributed by atoms with Gasteiger partial charge in [0.2, 0.25) is 0 Å². The molecule has 0 aliphatic heterocycles. The maximum Gasteiger partial charge on any atom is 0.265 e. The standard InChI is InChI=1S/C20H17N5O2S/c1-13-6-4-10-22-18(13)16-12-14-7-5-11-23-19(14)20(24-16)25-28(26,27)17-9-3-2-8-15(17)21/h2-12H,21H2,1H3,(H,24,25). The van der Waals surface area contributed by atoms with Crippen LogP contribution in [0, 0.1) is 6.92 Å². The Kier molecular flexibility index (Phi) is 4.40. The molecule has 0 bridgehead atoms. The number of aryl methyl sites for hydroxylation is 1. The molecule has 3 N–H and O–H groups in total. The molecule has 0 spiro atoms. The summed E-state index contributed by atoms with van der Waals surface area (Å²) in [5.74, 6) is 0.126. The van der Waals surface area contributed by atoms with Crippen LogP contribution in [-0.2, 0) is 10.0 Å². The quantitative estimate of drug-likeness (QED) is 0.516. The van der Waals surface area contributed by atoms with Crippen LogP contribution >= 0.6 is 0 Å². The van der Waals surface area contributed by atoms with Gasteiger partial charge in [0.1, 0.15) is 10.4 Å². The van der Waals surface area contributed by atoms with E-state index in [9.17, 15) is 8.42 Å². The third kappa shape index (κ3) is 3.25. The minimum absolute atomic E-state index is 0.0136. The lowest BCUT2D eigenvalue weighted by atomic mass is 10.1. The van der Waals surface area contributed by atoms with Crippen molar-refractivity contribution < 1.29 is 8.42 Å². The van der Waals surface area contributed by atoms with Crippen LogP contribution in [0.25, 0.3) is 22.3 Å². The van der Waals surface area contributed by atoms with E-state index in [0.29, 0.717) is 16.9 Å². The van der Waals surface area contributed by atoms with Crippen LogP contribution in [0.15, 0.2) is 71.9 Å². The molecule has 0 unspecified atom stereocenters. The molecule has 3 heterocycles. The zero-order chi connectivity index (χ0) is 19.7. The number of nitrogens with two attached hydrogens (primary N) is 1. The number of nitrogens with zero attached hydrogens (tertiary/aromatic N) is 3. The number of nitrogens with one attached hydrogen (secondary N) is 1. The fourth-order valence-electron chi connectivity index (χ4n) is 2.94. The third-order valence-corrected chi connectivity index (χ3v) is 5.69. The maximum atomic E-state index is 12.9. The maximum absolute atomic E-state index is 12.9. The van der Waals surface area contributed by atoms with Crippen molar-refractivity contribution in [3.63, 3.8) is 0 Å². The lowest BCUT2D eigenvalue weighted by Gasteiger charge is -2.13. The van der Waals surface area contributed by atoms with Crippen LogP contribution in [0.1, 0.15) is 5.56 Å². The first-order valence-corrected chi connectivity index (χ1v) is 9.99. The van der Waals surface area contributed by atoms with E-state index in [1.54, 1.807) is 30.6 Å². The molecule has 28 heavy (non-hydrogen) atoms. The minimum Gasteiger partial charge on any atom is -0.398 e. The SMILES string of the molecule is Cc1cccnc1-c1cc2cccnc2c(NS(=O)(=O)c2ccccc2N)n1. The van der Waals surface area contributed by atoms with Gasteiger partial charge in [-0.15, -0.1) is 0 Å². The van der Waals surface area contributed by atoms with Crippen molar-refractivity contribution in [3.05, 3.63) is 72.6 Å². The molecule has 0 saturated carbocycles. The first-order chi connectivity index (χ1) is 13.5. The van der Waals surface area contributed by atoms with Crippen LogP contribution < -0.4 is 10.5 Å². The van der Waals surface area contributed by atoms with Crippen molar-refractivity contribution in [1.29, 1.82) is 0 Å². The first kappa shape index (κ1) is 17.9. The number of sulfonamides is 1. The van der Waals surface area contributed by atoms with Gasteiger partial charge in [0, 0.05) is 17.8 Å². The Bertz CT molecular complexity index is 1290. The van der Waals surface area contributed by atoms with Gasteiger partial charge in [-0.2, -0.15) is 0 Å². The average molecular weight is 391 g/mol. The molecule has 0 fully saturated rings. The number of hydrogen-bond donors (Lipinski definition) is 2. The van der Waals surface area contributed by atoms with E-state index in [1.165, 1.54) is 12.1 Å². The number of pyridine rings is 3. The van der Waals surface area contributed by atoms with E-state index < -0.39 is 10.0 Å². The van der Waals surface area contributed by atoms with Gasteiger partial charge in [-0.05, 0) is 42.8 Å². The van der Waals surface area contributed by atoms with Gasteiger partial charge >= 0.3 is 0 Å². The Hall–Kier alpha value is -3.52. The molecular weight excluding hydrogens is 374 g/mol. The lowest BCUT2D eigenvalue weighted by molar-refractivity contribution is 0.601. The average Bonchev–Trinajstić information content (AvgIpc) is 2.68. The molecule has 8 heteroatoms. The molecule has 0 aliphatic carbocycles. The summed E-state index contributed by atoms with van der Waals surface area (Å²) < 4.78 is 28.4. The lowest BCUT2D eigenvalue weighted by Crippen LogP contribution is -2.16. The Morgan fingerprint density at radius 2 is 1.71 bits per heavy atom. The van der Waals surface area contributed by atoms with Crippen LogP contribution in [0.3, 0.4) is 0 Å². The van der Waals surface area contributed by atoms with E-state index in [2.05, 4.69) is 19.7 Å². The molecule has 3 aromatic heterocycles. The number of para-hydroxylation sites is 1. The van der Waals surface area contributed by atoms with Gasteiger partial charge in [-0.3, -0.25) is 14.7 Å². The van der Waals surface area contributed by atoms with Crippen LogP contribution in [0.2, 0.25) is 0 Å². The summed E-state index contributed by atoms with van der Waals surface area (Å²) in [5, 5.41) is 0.747. The zero-order valence-electron chi connectivity index (χ0n) is 15.0. The molecule has 140 valence electrons. The Balaban J connectivity index is 1.89. The van der Waals surface area contributed by atoms with Crippen molar-refractivity contribution in [2.75, 3.05) is 10.5 Å². The van der Waals surface area contributed by atoms with E-state index in [1.807, 2.05) is 31.2 Å². The van der Waals surface area contributed by atoms with Gasteiger partial charge in [-0.1, -0.05) is 24.3 Å². The highest BCUT2D eigenvalue weighted by molar-refractivity contribution is 7.92. The molecule has 0 aliphatic rings. The number of anilines is 2. The number of nitrogen functional groups attached to an aromatic ring is 1. The fraction of sp³-hybridized carbons (Fsp3) is 0.0500. The predicted octanol–water partition coefficient (Wildman–Crippen LogP) is 3.38. The van der Waals surface area contributed by atoms with Crippen molar-refractivity contribution in [2.45, 2.75) is 11.8 Å². The summed E-state index contributed by atoms with van der Waals surface area (Å²) in [6, 6.07) is 15.5. The van der Waals surface area contributed by atoms with Gasteiger partial charge in [0.05, 0.1) is 17.1 Å². The van der Waals surface area contributed by atoms with E-state index in [4.69, 9.17) is 5.73 Å². The van der Waals surface area contributed by atoms with Gasteiger partial charge in [0.15, 0.2) is 5.82 Å². The van der Waals surface area contributed by atoms with Gasteiger partial charge in [-0.25, -0.2) is 13.4 Å². The number of rotatable bonds is 4. The summed E-state index contributed by atoms with van der Waals surface area (Å²) in [6.07, 6.45) is 3.26. The molecule has 7 nitrogen and oxygen atoms in total. The fourth-order valence-corrected chi connectivity index (χ4v) is 4.08. The Labute approximate surface area is 162 Å². The smallest absolute Gasteiger partial charge is 0.265 e. The number of aromatic nitrogens is 3. The second-order valence-electron chi connectivity index (χ2n) is 6.24. The molecule has 0 radical (unpaired) electrons. The molecule has 1 aromatic carbocycles. The van der Waals surface area contributed by atoms with Crippen molar-refractivity contribution in [3.8, 4) is 11.4 Å². The van der Waals surface area contributed by atoms with E-state index in [-0.39, 0.29) is 16.4 Å². The molecular formula is C20H17N5O2S. The van der Waals surface area contributed by atoms with E-state index >= 15 is 0 Å². The van der Waals surface area contributed by atoms with Crippen LogP contribution in [0.5, 0.6) is 0 Å². The number of hydrogen-bond acceptors (Lipinski definition) is 6. The third-order valence-electron chi connectivity index (χ3n) is 4.28. The highest BCUT2D eigenvalue weighted by atomic mass is 32.2. The Morgan fingerprint density at radius 1 is 0.964 bits per heavy atom. The van der Waals surface area contributed by atoms with Crippen LogP contribution in [0.4, 0.5) is 11.5 Å². The Morgan fingerprint density at radius 3 is 2.50 bits per heavy atom. The summed E-state index contributed by atoms with van der Waals surface area (Å²) in [6.45, 7) is 1.92. The largest absolute Gasteiger partial charge is 0.398 e. The first-order valence-electron chi connectivity index (χ1n) is 8.51.